The number of benzene rings is 1. The molecule has 0 saturated heterocycles. The van der Waals surface area contributed by atoms with Crippen molar-refractivity contribution in [3.63, 3.8) is 0 Å². The van der Waals surface area contributed by atoms with E-state index in [1.54, 1.807) is 18.2 Å². The minimum Gasteiger partial charge on any atom is -0.398 e. The van der Waals surface area contributed by atoms with E-state index in [0.29, 0.717) is 6.42 Å². The lowest BCUT2D eigenvalue weighted by atomic mass is 10.1. The van der Waals surface area contributed by atoms with Gasteiger partial charge in [0.2, 0.25) is 10.0 Å². The van der Waals surface area contributed by atoms with E-state index in [2.05, 4.69) is 4.72 Å². The Hall–Kier alpha value is -1.11. The van der Waals surface area contributed by atoms with Crippen LogP contribution in [-0.2, 0) is 10.0 Å². The van der Waals surface area contributed by atoms with Crippen molar-refractivity contribution in [3.8, 4) is 0 Å². The highest BCUT2D eigenvalue weighted by molar-refractivity contribution is 7.89. The lowest BCUT2D eigenvalue weighted by Crippen LogP contribution is -2.29. The number of anilines is 1. The van der Waals surface area contributed by atoms with E-state index < -0.39 is 10.0 Å². The van der Waals surface area contributed by atoms with Gasteiger partial charge in [-0.25, -0.2) is 13.1 Å². The average molecular weight is 258 g/mol. The van der Waals surface area contributed by atoms with Crippen molar-refractivity contribution in [2.75, 3.05) is 18.9 Å². The van der Waals surface area contributed by atoms with Gasteiger partial charge in [-0.1, -0.05) is 19.1 Å². The highest BCUT2D eigenvalue weighted by Crippen LogP contribution is 2.17. The van der Waals surface area contributed by atoms with E-state index in [0.717, 1.165) is 0 Å². The molecule has 1 rings (SSSR count). The number of nitrogens with one attached hydrogen (secondary N) is 1. The summed E-state index contributed by atoms with van der Waals surface area (Å²) in [6, 6.07) is 6.32. The van der Waals surface area contributed by atoms with Crippen LogP contribution in [0.25, 0.3) is 0 Å². The Labute approximate surface area is 102 Å². The Morgan fingerprint density at radius 2 is 2.06 bits per heavy atom. The van der Waals surface area contributed by atoms with Crippen LogP contribution in [0.15, 0.2) is 29.2 Å². The Kier molecular flexibility index (Phi) is 4.92. The van der Waals surface area contributed by atoms with E-state index in [9.17, 15) is 8.42 Å². The van der Waals surface area contributed by atoms with E-state index >= 15 is 0 Å². The van der Waals surface area contributed by atoms with Gasteiger partial charge in [0.1, 0.15) is 4.90 Å². The monoisotopic (exact) mass is 258 g/mol. The average Bonchev–Trinajstić information content (AvgIpc) is 2.27. The molecule has 0 aliphatic heterocycles. The second kappa shape index (κ2) is 6.00. The number of sulfonamides is 1. The highest BCUT2D eigenvalue weighted by Gasteiger charge is 2.17. The largest absolute Gasteiger partial charge is 0.398 e. The number of nitrogens with two attached hydrogens (primary N) is 1. The Balaban J connectivity index is 2.73. The number of nitrogen functional groups attached to an aromatic ring is 1. The topological polar surface area (TPSA) is 92.4 Å². The third kappa shape index (κ3) is 3.99. The third-order valence-electron chi connectivity index (χ3n) is 2.45. The summed E-state index contributed by atoms with van der Waals surface area (Å²) >= 11 is 0. The number of aliphatic hydroxyl groups excluding tert-OH is 1. The fourth-order valence-electron chi connectivity index (χ4n) is 1.38. The van der Waals surface area contributed by atoms with Gasteiger partial charge in [-0.15, -0.1) is 0 Å². The van der Waals surface area contributed by atoms with Crippen LogP contribution < -0.4 is 10.5 Å². The number of aliphatic hydroxyl groups is 1. The van der Waals surface area contributed by atoms with Crippen LogP contribution in [0.4, 0.5) is 5.69 Å². The van der Waals surface area contributed by atoms with Crippen LogP contribution in [-0.4, -0.2) is 26.7 Å². The molecule has 4 N–H and O–H groups in total. The van der Waals surface area contributed by atoms with Gasteiger partial charge < -0.3 is 10.8 Å². The van der Waals surface area contributed by atoms with E-state index in [4.69, 9.17) is 10.8 Å². The first-order chi connectivity index (χ1) is 7.97. The summed E-state index contributed by atoms with van der Waals surface area (Å²) in [5.74, 6) is 0.0831. The van der Waals surface area contributed by atoms with Crippen molar-refractivity contribution < 1.29 is 13.5 Å². The molecular formula is C11H18N2O3S. The van der Waals surface area contributed by atoms with Crippen LogP contribution in [0, 0.1) is 5.92 Å². The SMILES string of the molecule is CC(CCO)CNS(=O)(=O)c1ccccc1N. The van der Waals surface area contributed by atoms with Gasteiger partial charge >= 0.3 is 0 Å². The summed E-state index contributed by atoms with van der Waals surface area (Å²) in [6.07, 6.45) is 0.562. The van der Waals surface area contributed by atoms with Crippen LogP contribution in [0.5, 0.6) is 0 Å². The molecule has 1 unspecified atom stereocenters. The predicted octanol–water partition coefficient (Wildman–Crippen LogP) is 0.566. The number of hydrogen-bond acceptors (Lipinski definition) is 4. The van der Waals surface area contributed by atoms with Crippen molar-refractivity contribution in [3.05, 3.63) is 24.3 Å². The molecule has 0 aromatic heterocycles. The zero-order valence-corrected chi connectivity index (χ0v) is 10.6. The number of para-hydroxylation sites is 1. The predicted molar refractivity (Wildman–Crippen MR) is 66.9 cm³/mol. The maximum atomic E-state index is 11.9. The van der Waals surface area contributed by atoms with E-state index in [-0.39, 0.29) is 29.7 Å². The molecule has 96 valence electrons. The smallest absolute Gasteiger partial charge is 0.242 e. The van der Waals surface area contributed by atoms with Crippen LogP contribution in [0.1, 0.15) is 13.3 Å². The van der Waals surface area contributed by atoms with Gasteiger partial charge in [0.15, 0.2) is 0 Å². The van der Waals surface area contributed by atoms with Crippen molar-refractivity contribution in [1.29, 1.82) is 0 Å². The zero-order chi connectivity index (χ0) is 12.9. The first kappa shape index (κ1) is 14.0. The molecule has 1 aromatic rings. The Bertz CT molecular complexity index is 460. The Morgan fingerprint density at radius 1 is 1.41 bits per heavy atom. The molecule has 0 saturated carbocycles. The van der Waals surface area contributed by atoms with Crippen molar-refractivity contribution in [1.82, 2.24) is 4.72 Å². The minimum atomic E-state index is -3.56. The molecule has 0 radical (unpaired) electrons. The molecule has 5 nitrogen and oxygen atoms in total. The van der Waals surface area contributed by atoms with E-state index in [1.807, 2.05) is 6.92 Å². The van der Waals surface area contributed by atoms with Gasteiger partial charge in [-0.05, 0) is 24.5 Å². The van der Waals surface area contributed by atoms with Gasteiger partial charge in [-0.2, -0.15) is 0 Å². The second-order valence-corrected chi connectivity index (χ2v) is 5.74. The van der Waals surface area contributed by atoms with Crippen molar-refractivity contribution >= 4 is 15.7 Å². The lowest BCUT2D eigenvalue weighted by Gasteiger charge is -2.12. The fourth-order valence-corrected chi connectivity index (χ4v) is 2.67. The lowest BCUT2D eigenvalue weighted by molar-refractivity contribution is 0.263. The standard InChI is InChI=1S/C11H18N2O3S/c1-9(6-7-14)8-13-17(15,16)11-5-3-2-4-10(11)12/h2-5,9,13-14H,6-8,12H2,1H3. The molecule has 0 fully saturated rings. The third-order valence-corrected chi connectivity index (χ3v) is 3.95. The van der Waals surface area contributed by atoms with Crippen molar-refractivity contribution in [2.45, 2.75) is 18.2 Å². The maximum absolute atomic E-state index is 11.9. The first-order valence-electron chi connectivity index (χ1n) is 5.42. The minimum absolute atomic E-state index is 0.0520. The first-order valence-corrected chi connectivity index (χ1v) is 6.90. The molecule has 0 heterocycles. The van der Waals surface area contributed by atoms with Crippen LogP contribution in [0.2, 0.25) is 0 Å². The van der Waals surface area contributed by atoms with Gasteiger partial charge in [0, 0.05) is 13.2 Å². The molecule has 1 aromatic carbocycles. The molecule has 17 heavy (non-hydrogen) atoms. The fraction of sp³-hybridized carbons (Fsp3) is 0.455. The summed E-state index contributed by atoms with van der Waals surface area (Å²) in [4.78, 5) is 0.0937. The molecule has 6 heteroatoms. The molecule has 0 spiro atoms. The van der Waals surface area contributed by atoms with Gasteiger partial charge in [-0.3, -0.25) is 0 Å². The summed E-state index contributed by atoms with van der Waals surface area (Å²) in [6.45, 7) is 2.21. The molecule has 0 bridgehead atoms. The molecule has 0 aliphatic rings. The molecule has 0 aliphatic carbocycles. The Morgan fingerprint density at radius 3 is 2.65 bits per heavy atom. The molecular weight excluding hydrogens is 240 g/mol. The summed E-state index contributed by atoms with van der Waals surface area (Å²) in [7, 11) is -3.56. The number of hydrogen-bond donors (Lipinski definition) is 3. The van der Waals surface area contributed by atoms with Crippen molar-refractivity contribution in [2.24, 2.45) is 5.92 Å². The summed E-state index contributed by atoms with van der Waals surface area (Å²) in [5, 5.41) is 8.73. The molecule has 0 amide bonds. The highest BCUT2D eigenvalue weighted by atomic mass is 32.2. The normalized spacial score (nSPS) is 13.5. The zero-order valence-electron chi connectivity index (χ0n) is 9.76. The van der Waals surface area contributed by atoms with Crippen LogP contribution >= 0.6 is 0 Å². The summed E-state index contributed by atoms with van der Waals surface area (Å²) < 4.78 is 26.3. The quantitative estimate of drug-likeness (QED) is 0.650. The van der Waals surface area contributed by atoms with Gasteiger partial charge in [0.25, 0.3) is 0 Å². The maximum Gasteiger partial charge on any atom is 0.242 e. The van der Waals surface area contributed by atoms with E-state index in [1.165, 1.54) is 6.07 Å². The molecule has 1 atom stereocenters. The van der Waals surface area contributed by atoms with Crippen LogP contribution in [0.3, 0.4) is 0 Å². The second-order valence-electron chi connectivity index (χ2n) is 4.01. The van der Waals surface area contributed by atoms with Gasteiger partial charge in [0.05, 0.1) is 5.69 Å². The summed E-state index contributed by atoms with van der Waals surface area (Å²) in [5.41, 5.74) is 5.84. The number of rotatable bonds is 6.